The summed E-state index contributed by atoms with van der Waals surface area (Å²) in [5.74, 6) is -0.943. The molecule has 1 aromatic carbocycles. The number of aromatic nitrogens is 4. The van der Waals surface area contributed by atoms with E-state index >= 15 is 0 Å². The van der Waals surface area contributed by atoms with Crippen LogP contribution < -0.4 is 10.2 Å². The monoisotopic (exact) mass is 471 g/mol. The molecule has 0 radical (unpaired) electrons. The Morgan fingerprint density at radius 3 is 2.94 bits per heavy atom. The number of phenolic OH excluding ortho intramolecular Hbond substituents is 1. The van der Waals surface area contributed by atoms with Gasteiger partial charge in [0.1, 0.15) is 5.54 Å². The van der Waals surface area contributed by atoms with E-state index < -0.39 is 23.5 Å². The zero-order valence-electron chi connectivity index (χ0n) is 18.5. The van der Waals surface area contributed by atoms with E-state index in [4.69, 9.17) is 0 Å². The van der Waals surface area contributed by atoms with E-state index in [1.165, 1.54) is 12.1 Å². The lowest BCUT2D eigenvalue weighted by atomic mass is 9.92. The van der Waals surface area contributed by atoms with Crippen LogP contribution in [-0.2, 0) is 13.0 Å². The molecule has 0 amide bonds. The largest absolute Gasteiger partial charge is 0.504 e. The molecule has 0 spiro atoms. The number of phenols is 1. The van der Waals surface area contributed by atoms with Crippen LogP contribution >= 0.6 is 0 Å². The number of likely N-dealkylation sites (N-methyl/N-ethyl adjacent to an activating group) is 1. The number of nitrogens with zero attached hydrogens (tertiary/aromatic N) is 6. The second-order valence-electron chi connectivity index (χ2n) is 9.37. The number of para-hydroxylation sites is 1. The SMILES string of the molecule is CN1CCc2c(cnn2[C@H]2CN3c4cc(-c5cccc(F)c5O)nnc4NC[C@@]3(C(F)F)C2)C1. The summed E-state index contributed by atoms with van der Waals surface area (Å²) in [6, 6.07) is 5.48. The molecule has 1 fully saturated rings. The maximum atomic E-state index is 14.7. The molecule has 6 rings (SSSR count). The van der Waals surface area contributed by atoms with Crippen molar-refractivity contribution < 1.29 is 18.3 Å². The normalized spacial score (nSPS) is 24.0. The van der Waals surface area contributed by atoms with Crippen molar-refractivity contribution in [3.05, 3.63) is 47.5 Å². The van der Waals surface area contributed by atoms with Gasteiger partial charge in [0.2, 0.25) is 0 Å². The Kier molecular flexibility index (Phi) is 4.73. The molecular formula is C23H24F3N7O. The summed E-state index contributed by atoms with van der Waals surface area (Å²) in [7, 11) is 2.06. The minimum Gasteiger partial charge on any atom is -0.504 e. The van der Waals surface area contributed by atoms with Gasteiger partial charge < -0.3 is 20.2 Å². The molecule has 0 aliphatic carbocycles. The predicted molar refractivity (Wildman–Crippen MR) is 120 cm³/mol. The molecule has 1 saturated heterocycles. The number of hydrogen-bond acceptors (Lipinski definition) is 7. The van der Waals surface area contributed by atoms with Gasteiger partial charge in [0.15, 0.2) is 17.4 Å². The van der Waals surface area contributed by atoms with E-state index in [0.717, 1.165) is 36.8 Å². The Morgan fingerprint density at radius 2 is 2.12 bits per heavy atom. The number of nitrogens with one attached hydrogen (secondary N) is 1. The van der Waals surface area contributed by atoms with Gasteiger partial charge in [-0.2, -0.15) is 5.10 Å². The van der Waals surface area contributed by atoms with E-state index in [2.05, 4.69) is 32.6 Å². The quantitative estimate of drug-likeness (QED) is 0.608. The van der Waals surface area contributed by atoms with Crippen LogP contribution in [0.3, 0.4) is 0 Å². The summed E-state index contributed by atoms with van der Waals surface area (Å²) >= 11 is 0. The summed E-state index contributed by atoms with van der Waals surface area (Å²) in [6.45, 7) is 2.06. The van der Waals surface area contributed by atoms with E-state index in [9.17, 15) is 18.3 Å². The topological polar surface area (TPSA) is 82.3 Å². The molecule has 3 aliphatic heterocycles. The van der Waals surface area contributed by atoms with E-state index in [-0.39, 0.29) is 30.3 Å². The second-order valence-corrected chi connectivity index (χ2v) is 9.37. The third kappa shape index (κ3) is 3.06. The summed E-state index contributed by atoms with van der Waals surface area (Å²) in [5.41, 5.74) is 1.64. The molecule has 0 bridgehead atoms. The van der Waals surface area contributed by atoms with Crippen molar-refractivity contribution in [1.82, 2.24) is 24.9 Å². The van der Waals surface area contributed by atoms with Crippen LogP contribution in [0.5, 0.6) is 5.75 Å². The Labute approximate surface area is 194 Å². The Balaban J connectivity index is 1.41. The van der Waals surface area contributed by atoms with Crippen molar-refractivity contribution in [2.45, 2.75) is 37.4 Å². The average molecular weight is 471 g/mol. The number of hydrogen-bond donors (Lipinski definition) is 2. The molecule has 3 aromatic rings. The maximum Gasteiger partial charge on any atom is 0.263 e. The zero-order chi connectivity index (χ0) is 23.6. The number of halogens is 3. The van der Waals surface area contributed by atoms with Crippen LogP contribution in [0.4, 0.5) is 24.7 Å². The number of alkyl halides is 2. The van der Waals surface area contributed by atoms with Crippen molar-refractivity contribution in [2.24, 2.45) is 0 Å². The van der Waals surface area contributed by atoms with Crippen molar-refractivity contribution in [2.75, 3.05) is 36.9 Å². The average Bonchev–Trinajstić information content (AvgIpc) is 3.42. The number of aromatic hydroxyl groups is 1. The summed E-state index contributed by atoms with van der Waals surface area (Å²) in [5, 5.41) is 26.1. The highest BCUT2D eigenvalue weighted by molar-refractivity contribution is 5.77. The van der Waals surface area contributed by atoms with Crippen molar-refractivity contribution in [1.29, 1.82) is 0 Å². The van der Waals surface area contributed by atoms with Crippen LogP contribution in [0.25, 0.3) is 11.3 Å². The Morgan fingerprint density at radius 1 is 1.26 bits per heavy atom. The molecular weight excluding hydrogens is 447 g/mol. The molecule has 3 aliphatic rings. The number of fused-ring (bicyclic) bond motifs is 4. The van der Waals surface area contributed by atoms with Gasteiger partial charge in [-0.15, -0.1) is 10.2 Å². The first-order chi connectivity index (χ1) is 16.4. The zero-order valence-corrected chi connectivity index (χ0v) is 18.5. The molecule has 178 valence electrons. The predicted octanol–water partition coefficient (Wildman–Crippen LogP) is 3.05. The van der Waals surface area contributed by atoms with Crippen LogP contribution in [0.2, 0.25) is 0 Å². The standard InChI is InChI=1S/C23H24F3N7O/c1-31-6-5-18-13(10-31)9-28-33(18)14-8-23(22(25)26)12-27-21-19(32(23)11-14)7-17(29-30-21)15-3-2-4-16(24)20(15)34/h2-4,7,9,14,22,34H,5-6,8,10-12H2,1H3,(H,27,30)/t14-,23-/m1/s1. The van der Waals surface area contributed by atoms with E-state index in [1.54, 1.807) is 11.0 Å². The highest BCUT2D eigenvalue weighted by atomic mass is 19.3. The molecule has 2 atom stereocenters. The van der Waals surface area contributed by atoms with Crippen LogP contribution in [0.1, 0.15) is 23.7 Å². The fraction of sp³-hybridized carbons (Fsp3) is 0.435. The van der Waals surface area contributed by atoms with Gasteiger partial charge in [-0.05, 0) is 25.2 Å². The lowest BCUT2D eigenvalue weighted by Gasteiger charge is -2.43. The van der Waals surface area contributed by atoms with Gasteiger partial charge in [-0.25, -0.2) is 13.2 Å². The summed E-state index contributed by atoms with van der Waals surface area (Å²) < 4.78 is 45.2. The van der Waals surface area contributed by atoms with Crippen molar-refractivity contribution >= 4 is 11.5 Å². The van der Waals surface area contributed by atoms with Gasteiger partial charge >= 0.3 is 0 Å². The van der Waals surface area contributed by atoms with Gasteiger partial charge in [-0.1, -0.05) is 6.07 Å². The smallest absolute Gasteiger partial charge is 0.263 e. The highest BCUT2D eigenvalue weighted by Crippen LogP contribution is 2.49. The third-order valence-corrected chi connectivity index (χ3v) is 7.32. The molecule has 34 heavy (non-hydrogen) atoms. The third-order valence-electron chi connectivity index (χ3n) is 7.32. The molecule has 5 heterocycles. The minimum absolute atomic E-state index is 0.0274. The fourth-order valence-electron chi connectivity index (χ4n) is 5.54. The van der Waals surface area contributed by atoms with Gasteiger partial charge in [0.05, 0.1) is 23.6 Å². The fourth-order valence-corrected chi connectivity index (χ4v) is 5.54. The highest BCUT2D eigenvalue weighted by Gasteiger charge is 2.56. The summed E-state index contributed by atoms with van der Waals surface area (Å²) in [4.78, 5) is 3.92. The number of rotatable bonds is 3. The Bertz CT molecular complexity index is 1270. The molecule has 8 nitrogen and oxygen atoms in total. The minimum atomic E-state index is -2.62. The van der Waals surface area contributed by atoms with Gasteiger partial charge in [0.25, 0.3) is 6.43 Å². The van der Waals surface area contributed by atoms with Crippen LogP contribution in [-0.4, -0.2) is 68.6 Å². The molecule has 11 heteroatoms. The van der Waals surface area contributed by atoms with Crippen molar-refractivity contribution in [3.8, 4) is 17.0 Å². The van der Waals surface area contributed by atoms with Gasteiger partial charge in [-0.3, -0.25) is 4.68 Å². The summed E-state index contributed by atoms with van der Waals surface area (Å²) in [6.07, 6.45) is 0.284. The lowest BCUT2D eigenvalue weighted by molar-refractivity contribution is 0.0585. The first-order valence-electron chi connectivity index (χ1n) is 11.3. The first-order valence-corrected chi connectivity index (χ1v) is 11.3. The van der Waals surface area contributed by atoms with Crippen LogP contribution in [0.15, 0.2) is 30.5 Å². The van der Waals surface area contributed by atoms with Crippen molar-refractivity contribution in [3.63, 3.8) is 0 Å². The van der Waals surface area contributed by atoms with Gasteiger partial charge in [0, 0.05) is 55.8 Å². The lowest BCUT2D eigenvalue weighted by Crippen LogP contribution is -2.57. The van der Waals surface area contributed by atoms with E-state index in [1.807, 2.05) is 10.9 Å². The Hall–Kier alpha value is -3.34. The second kappa shape index (κ2) is 7.59. The number of benzene rings is 1. The maximum absolute atomic E-state index is 14.7. The van der Waals surface area contributed by atoms with E-state index in [0.29, 0.717) is 18.1 Å². The number of anilines is 2. The van der Waals surface area contributed by atoms with Crippen LogP contribution in [0, 0.1) is 5.82 Å². The first kappa shape index (κ1) is 21.2. The molecule has 2 aromatic heterocycles. The molecule has 0 unspecified atom stereocenters. The molecule has 0 saturated carbocycles. The molecule has 2 N–H and O–H groups in total.